The Morgan fingerprint density at radius 1 is 1.00 bits per heavy atom. The van der Waals surface area contributed by atoms with Crippen molar-refractivity contribution in [2.45, 2.75) is 0 Å². The van der Waals surface area contributed by atoms with Crippen molar-refractivity contribution in [3.05, 3.63) is 53.7 Å². The smallest absolute Gasteiger partial charge is 0.261 e. The zero-order chi connectivity index (χ0) is 20.3. The monoisotopic (exact) mass is 390 g/mol. The summed E-state index contributed by atoms with van der Waals surface area (Å²) in [6, 6.07) is 6.24. The Morgan fingerprint density at radius 3 is 2.25 bits per heavy atom. The number of hydrogen-bond donors (Lipinski definition) is 1. The highest BCUT2D eigenvalue weighted by atomic mass is 19.2. The molecule has 1 aromatic heterocycles. The van der Waals surface area contributed by atoms with Crippen LogP contribution in [-0.4, -0.2) is 32.4 Å². The molecule has 0 aliphatic carbocycles. The number of carbonyl (C=O) groups is 1. The van der Waals surface area contributed by atoms with E-state index in [1.807, 2.05) is 0 Å². The molecule has 9 heteroatoms. The third-order valence-electron chi connectivity index (χ3n) is 3.92. The molecule has 0 bridgehead atoms. The number of hydrogen-bond acceptors (Lipinski definition) is 6. The summed E-state index contributed by atoms with van der Waals surface area (Å²) in [4.78, 5) is 12.7. The van der Waals surface area contributed by atoms with Crippen LogP contribution in [-0.2, 0) is 0 Å². The molecular weight excluding hydrogens is 374 g/mol. The molecule has 1 N–H and O–H groups in total. The number of nitrogens with zero attached hydrogens (tertiary/aromatic N) is 1. The second-order valence-electron chi connectivity index (χ2n) is 5.57. The van der Waals surface area contributed by atoms with Crippen molar-refractivity contribution in [2.24, 2.45) is 0 Å². The number of benzene rings is 2. The van der Waals surface area contributed by atoms with Crippen LogP contribution in [0.2, 0.25) is 0 Å². The second-order valence-corrected chi connectivity index (χ2v) is 5.57. The molecule has 7 nitrogen and oxygen atoms in total. The Kier molecular flexibility index (Phi) is 5.44. The van der Waals surface area contributed by atoms with Crippen LogP contribution in [0.4, 0.5) is 14.5 Å². The Hall–Kier alpha value is -3.62. The van der Waals surface area contributed by atoms with E-state index in [-0.39, 0.29) is 16.9 Å². The zero-order valence-corrected chi connectivity index (χ0v) is 15.2. The highest BCUT2D eigenvalue weighted by Gasteiger charge is 2.21. The van der Waals surface area contributed by atoms with Gasteiger partial charge in [0, 0.05) is 23.4 Å². The lowest BCUT2D eigenvalue weighted by atomic mass is 10.1. The van der Waals surface area contributed by atoms with Crippen molar-refractivity contribution in [1.29, 1.82) is 0 Å². The Labute approximate surface area is 158 Å². The molecule has 0 spiro atoms. The minimum absolute atomic E-state index is 0.00356. The van der Waals surface area contributed by atoms with Crippen LogP contribution < -0.4 is 19.5 Å². The number of halogens is 2. The summed E-state index contributed by atoms with van der Waals surface area (Å²) < 4.78 is 47.5. The highest BCUT2D eigenvalue weighted by Crippen LogP contribution is 2.40. The van der Waals surface area contributed by atoms with Gasteiger partial charge in [-0.3, -0.25) is 4.79 Å². The summed E-state index contributed by atoms with van der Waals surface area (Å²) in [6.45, 7) is 0. The summed E-state index contributed by atoms with van der Waals surface area (Å²) in [5.41, 5.74) is 0.572. The van der Waals surface area contributed by atoms with Crippen LogP contribution in [0.25, 0.3) is 11.3 Å². The molecule has 2 aromatic carbocycles. The quantitative estimate of drug-likeness (QED) is 0.687. The highest BCUT2D eigenvalue weighted by molar-refractivity contribution is 6.07. The third kappa shape index (κ3) is 3.59. The number of methoxy groups -OCH3 is 3. The zero-order valence-electron chi connectivity index (χ0n) is 15.2. The topological polar surface area (TPSA) is 82.8 Å². The summed E-state index contributed by atoms with van der Waals surface area (Å²) in [5.74, 6) is -1.57. The molecule has 0 atom stereocenters. The predicted molar refractivity (Wildman–Crippen MR) is 95.9 cm³/mol. The summed E-state index contributed by atoms with van der Waals surface area (Å²) in [6.07, 6.45) is 1.18. The van der Waals surface area contributed by atoms with Crippen LogP contribution in [0.5, 0.6) is 17.2 Å². The van der Waals surface area contributed by atoms with Crippen molar-refractivity contribution in [3.8, 4) is 28.6 Å². The molecule has 0 unspecified atom stereocenters. The van der Waals surface area contributed by atoms with Crippen LogP contribution in [0.15, 0.2) is 41.1 Å². The Balaban J connectivity index is 1.93. The first-order valence-electron chi connectivity index (χ1n) is 8.00. The second kappa shape index (κ2) is 7.95. The molecule has 0 aliphatic rings. The fourth-order valence-corrected chi connectivity index (χ4v) is 2.60. The van der Waals surface area contributed by atoms with E-state index in [0.717, 1.165) is 12.1 Å². The number of aromatic nitrogens is 1. The SMILES string of the molecule is COc1cc(NC(=O)c2cnoc2-c2ccc(F)c(F)c2)cc(OC)c1OC. The molecule has 3 aromatic rings. The van der Waals surface area contributed by atoms with Gasteiger partial charge in [-0.25, -0.2) is 8.78 Å². The fraction of sp³-hybridized carbons (Fsp3) is 0.158. The predicted octanol–water partition coefficient (Wildman–Crippen LogP) is 3.90. The van der Waals surface area contributed by atoms with E-state index < -0.39 is 17.5 Å². The van der Waals surface area contributed by atoms with Gasteiger partial charge in [0.05, 0.1) is 27.5 Å². The lowest BCUT2D eigenvalue weighted by molar-refractivity contribution is 0.102. The summed E-state index contributed by atoms with van der Waals surface area (Å²) >= 11 is 0. The van der Waals surface area contributed by atoms with E-state index in [1.54, 1.807) is 12.1 Å². The van der Waals surface area contributed by atoms with Gasteiger partial charge < -0.3 is 24.1 Å². The maximum atomic E-state index is 13.5. The molecule has 0 saturated heterocycles. The number of carbonyl (C=O) groups excluding carboxylic acids is 1. The number of amides is 1. The van der Waals surface area contributed by atoms with Gasteiger partial charge in [0.25, 0.3) is 5.91 Å². The van der Waals surface area contributed by atoms with E-state index in [4.69, 9.17) is 18.7 Å². The van der Waals surface area contributed by atoms with Gasteiger partial charge in [0.1, 0.15) is 5.56 Å². The molecule has 0 fully saturated rings. The normalized spacial score (nSPS) is 10.5. The third-order valence-corrected chi connectivity index (χ3v) is 3.92. The lowest BCUT2D eigenvalue weighted by Gasteiger charge is -2.14. The fourth-order valence-electron chi connectivity index (χ4n) is 2.60. The van der Waals surface area contributed by atoms with Crippen LogP contribution in [0.3, 0.4) is 0 Å². The molecule has 0 radical (unpaired) electrons. The van der Waals surface area contributed by atoms with Gasteiger partial charge in [-0.05, 0) is 18.2 Å². The molecular formula is C19H16F2N2O5. The number of rotatable bonds is 6. The molecule has 146 valence electrons. The van der Waals surface area contributed by atoms with Gasteiger partial charge in [0.2, 0.25) is 5.75 Å². The van der Waals surface area contributed by atoms with Crippen molar-refractivity contribution >= 4 is 11.6 Å². The van der Waals surface area contributed by atoms with Crippen LogP contribution >= 0.6 is 0 Å². The molecule has 0 saturated carbocycles. The maximum absolute atomic E-state index is 13.5. The molecule has 0 aliphatic heterocycles. The van der Waals surface area contributed by atoms with Gasteiger partial charge in [-0.15, -0.1) is 0 Å². The van der Waals surface area contributed by atoms with E-state index in [1.165, 1.54) is 33.6 Å². The van der Waals surface area contributed by atoms with Gasteiger partial charge in [-0.2, -0.15) is 0 Å². The van der Waals surface area contributed by atoms with Gasteiger partial charge in [0.15, 0.2) is 28.9 Å². The minimum Gasteiger partial charge on any atom is -0.493 e. The molecule has 1 heterocycles. The van der Waals surface area contributed by atoms with E-state index in [0.29, 0.717) is 22.9 Å². The van der Waals surface area contributed by atoms with Gasteiger partial charge >= 0.3 is 0 Å². The maximum Gasteiger partial charge on any atom is 0.261 e. The van der Waals surface area contributed by atoms with Gasteiger partial charge in [-0.1, -0.05) is 5.16 Å². The first kappa shape index (κ1) is 19.2. The van der Waals surface area contributed by atoms with Crippen molar-refractivity contribution in [1.82, 2.24) is 5.16 Å². The minimum atomic E-state index is -1.06. The lowest BCUT2D eigenvalue weighted by Crippen LogP contribution is -2.12. The molecule has 3 rings (SSSR count). The van der Waals surface area contributed by atoms with E-state index in [2.05, 4.69) is 10.5 Å². The van der Waals surface area contributed by atoms with E-state index >= 15 is 0 Å². The van der Waals surface area contributed by atoms with Crippen LogP contribution in [0, 0.1) is 11.6 Å². The van der Waals surface area contributed by atoms with Crippen molar-refractivity contribution < 1.29 is 32.3 Å². The summed E-state index contributed by atoms with van der Waals surface area (Å²) in [7, 11) is 4.36. The number of nitrogens with one attached hydrogen (secondary N) is 1. The first-order chi connectivity index (χ1) is 13.5. The number of ether oxygens (including phenoxy) is 3. The largest absolute Gasteiger partial charge is 0.493 e. The molecule has 1 amide bonds. The average molecular weight is 390 g/mol. The van der Waals surface area contributed by atoms with E-state index in [9.17, 15) is 13.6 Å². The van der Waals surface area contributed by atoms with Crippen molar-refractivity contribution in [3.63, 3.8) is 0 Å². The number of anilines is 1. The Morgan fingerprint density at radius 2 is 1.68 bits per heavy atom. The van der Waals surface area contributed by atoms with Crippen molar-refractivity contribution in [2.75, 3.05) is 26.6 Å². The standard InChI is InChI=1S/C19H16F2N2O5/c1-25-15-7-11(8-16(26-2)18(15)27-3)23-19(24)12-9-22-28-17(12)10-4-5-13(20)14(21)6-10/h4-9H,1-3H3,(H,23,24). The average Bonchev–Trinajstić information content (AvgIpc) is 3.19. The summed E-state index contributed by atoms with van der Waals surface area (Å²) in [5, 5.41) is 6.25. The molecule has 28 heavy (non-hydrogen) atoms. The Bertz CT molecular complexity index is 994. The first-order valence-corrected chi connectivity index (χ1v) is 8.00. The van der Waals surface area contributed by atoms with Crippen LogP contribution in [0.1, 0.15) is 10.4 Å².